The van der Waals surface area contributed by atoms with E-state index in [0.29, 0.717) is 27.7 Å². The summed E-state index contributed by atoms with van der Waals surface area (Å²) in [5.41, 5.74) is 11.1. The number of piperidine rings is 1. The normalized spacial score (nSPS) is 14.6. The molecule has 11 heteroatoms. The number of thiocarbonyl (C=S) groups is 1. The number of carbonyl (C=O) groups is 1. The average molecular weight is 611 g/mol. The first-order chi connectivity index (χ1) is 21.2. The van der Waals surface area contributed by atoms with Gasteiger partial charge in [-0.1, -0.05) is 12.2 Å². The fourth-order valence-electron chi connectivity index (χ4n) is 5.02. The van der Waals surface area contributed by atoms with Gasteiger partial charge in [-0.25, -0.2) is 13.8 Å². The van der Waals surface area contributed by atoms with Crippen LogP contribution in [0.5, 0.6) is 0 Å². The summed E-state index contributed by atoms with van der Waals surface area (Å²) in [5, 5.41) is 3.70. The van der Waals surface area contributed by atoms with E-state index in [9.17, 15) is 13.6 Å². The highest BCUT2D eigenvalue weighted by atomic mass is 32.1. The maximum atomic E-state index is 13.6. The number of nitrogens with zero attached hydrogens (tertiary/aromatic N) is 4. The summed E-state index contributed by atoms with van der Waals surface area (Å²) in [6, 6.07) is 16.9. The van der Waals surface area contributed by atoms with Crippen molar-refractivity contribution in [3.05, 3.63) is 102 Å². The molecular weight excluding hydrogens is 582 g/mol. The molecule has 1 aromatic carbocycles. The van der Waals surface area contributed by atoms with E-state index in [1.807, 2.05) is 47.4 Å². The van der Waals surface area contributed by atoms with Crippen LogP contribution in [0, 0.1) is 0 Å². The first-order valence-electron chi connectivity index (χ1n) is 14.0. The zero-order chi connectivity index (χ0) is 30.7. The van der Waals surface area contributed by atoms with Crippen molar-refractivity contribution < 1.29 is 18.0 Å². The minimum atomic E-state index is -2.63. The van der Waals surface area contributed by atoms with Crippen molar-refractivity contribution >= 4 is 46.0 Å². The number of nitrogen functional groups attached to an aromatic ring is 1. The van der Waals surface area contributed by atoms with Crippen LogP contribution in [-0.4, -0.2) is 49.8 Å². The van der Waals surface area contributed by atoms with Gasteiger partial charge in [0.2, 0.25) is 5.91 Å². The summed E-state index contributed by atoms with van der Waals surface area (Å²) in [6.45, 7) is 0.633. The number of nitrogens with one attached hydrogen (secondary N) is 1. The van der Waals surface area contributed by atoms with Gasteiger partial charge in [0.25, 0.3) is 5.92 Å². The summed E-state index contributed by atoms with van der Waals surface area (Å²) >= 11 is 5.60. The van der Waals surface area contributed by atoms with Gasteiger partial charge in [0.1, 0.15) is 22.1 Å². The second kappa shape index (κ2) is 12.3. The minimum absolute atomic E-state index is 0.190. The molecule has 6 rings (SSSR count). The molecule has 0 radical (unpaired) electrons. The van der Waals surface area contributed by atoms with E-state index in [1.165, 1.54) is 6.08 Å². The van der Waals surface area contributed by atoms with Crippen LogP contribution in [0.4, 0.5) is 14.6 Å². The molecule has 1 aliphatic rings. The number of halogens is 2. The maximum absolute atomic E-state index is 13.6. The van der Waals surface area contributed by atoms with Crippen LogP contribution in [0.1, 0.15) is 29.7 Å². The third-order valence-electron chi connectivity index (χ3n) is 7.42. The van der Waals surface area contributed by atoms with Gasteiger partial charge in [0, 0.05) is 78.9 Å². The molecule has 8 nitrogen and oxygen atoms in total. The lowest BCUT2D eigenvalue weighted by Gasteiger charge is -2.33. The number of nitrogens with two attached hydrogens (primary N) is 1. The Bertz CT molecular complexity index is 1830. The lowest BCUT2D eigenvalue weighted by atomic mass is 9.99. The molecule has 0 unspecified atom stereocenters. The van der Waals surface area contributed by atoms with Crippen molar-refractivity contribution in [3.63, 3.8) is 0 Å². The second-order valence-corrected chi connectivity index (χ2v) is 10.9. The highest BCUT2D eigenvalue weighted by molar-refractivity contribution is 7.80. The van der Waals surface area contributed by atoms with E-state index in [-0.39, 0.29) is 38.4 Å². The third kappa shape index (κ3) is 6.63. The standard InChI is InChI=1S/C33H28F2N6O2S/c34-33(35)9-13-41(14-10-33)32(44)23-3-4-28(38-19-23)24-15-25-16-26(43-31(25)27(17-24)22-7-11-37-12-8-22)20-40-30(42)6-2-21-1-5-29(36)39-18-21/h1-8,11-12,15-19H,9-10,13-14,20H2,(H2,36,39)(H,40,42)/b6-2+. The summed E-state index contributed by atoms with van der Waals surface area (Å²) in [7, 11) is 0. The van der Waals surface area contributed by atoms with E-state index in [1.54, 1.807) is 43.0 Å². The summed E-state index contributed by atoms with van der Waals surface area (Å²) in [5.74, 6) is -1.92. The average Bonchev–Trinajstić information content (AvgIpc) is 3.46. The first kappa shape index (κ1) is 29.1. The number of pyridine rings is 3. The molecule has 0 atom stereocenters. The summed E-state index contributed by atoms with van der Waals surface area (Å²) < 4.78 is 33.4. The van der Waals surface area contributed by atoms with Crippen LogP contribution < -0.4 is 11.1 Å². The van der Waals surface area contributed by atoms with Crippen LogP contribution in [0.2, 0.25) is 0 Å². The SMILES string of the molecule is Nc1ccc(/C=C/C(=O)NCc2cc3cc(-c4ccc(C(=S)N5CCC(F)(F)CC5)cn4)cc(-c4ccncc4)c3o2)cn1. The number of hydrogen-bond donors (Lipinski definition) is 2. The van der Waals surface area contributed by atoms with Gasteiger partial charge >= 0.3 is 0 Å². The van der Waals surface area contributed by atoms with Crippen molar-refractivity contribution in [3.8, 4) is 22.4 Å². The van der Waals surface area contributed by atoms with Gasteiger partial charge in [-0.05, 0) is 71.8 Å². The monoisotopic (exact) mass is 610 g/mol. The van der Waals surface area contributed by atoms with E-state index < -0.39 is 5.92 Å². The second-order valence-electron chi connectivity index (χ2n) is 10.5. The van der Waals surface area contributed by atoms with Gasteiger partial charge in [-0.15, -0.1) is 0 Å². The molecule has 1 fully saturated rings. The van der Waals surface area contributed by atoms with Gasteiger partial charge in [0.15, 0.2) is 0 Å². The van der Waals surface area contributed by atoms with Crippen LogP contribution in [0.15, 0.2) is 89.9 Å². The minimum Gasteiger partial charge on any atom is -0.459 e. The molecule has 0 saturated carbocycles. The summed E-state index contributed by atoms with van der Waals surface area (Å²) in [6.07, 6.45) is 9.38. The van der Waals surface area contributed by atoms with Crippen molar-refractivity contribution in [2.45, 2.75) is 25.3 Å². The molecule has 0 aliphatic carbocycles. The quantitative estimate of drug-likeness (QED) is 0.164. The number of likely N-dealkylation sites (tertiary alicyclic amines) is 1. The zero-order valence-electron chi connectivity index (χ0n) is 23.5. The van der Waals surface area contributed by atoms with Crippen LogP contribution in [-0.2, 0) is 11.3 Å². The van der Waals surface area contributed by atoms with E-state index in [2.05, 4.69) is 20.3 Å². The fraction of sp³-hybridized carbons (Fsp3) is 0.182. The van der Waals surface area contributed by atoms with E-state index in [0.717, 1.165) is 33.3 Å². The Kier molecular flexibility index (Phi) is 8.12. The Morgan fingerprint density at radius 2 is 1.82 bits per heavy atom. The van der Waals surface area contributed by atoms with Gasteiger partial charge in [-0.3, -0.25) is 14.8 Å². The maximum Gasteiger partial charge on any atom is 0.251 e. The molecule has 222 valence electrons. The molecule has 5 heterocycles. The predicted octanol–water partition coefficient (Wildman–Crippen LogP) is 6.27. The van der Waals surface area contributed by atoms with Crippen LogP contribution in [0.25, 0.3) is 39.4 Å². The van der Waals surface area contributed by atoms with E-state index >= 15 is 0 Å². The van der Waals surface area contributed by atoms with E-state index in [4.69, 9.17) is 22.4 Å². The molecule has 0 bridgehead atoms. The van der Waals surface area contributed by atoms with Gasteiger partial charge in [0.05, 0.1) is 12.2 Å². The Labute approximate surface area is 257 Å². The van der Waals surface area contributed by atoms with Gasteiger partial charge < -0.3 is 20.4 Å². The first-order valence-corrected chi connectivity index (χ1v) is 14.4. The Morgan fingerprint density at radius 3 is 2.52 bits per heavy atom. The third-order valence-corrected chi connectivity index (χ3v) is 7.91. The van der Waals surface area contributed by atoms with Crippen molar-refractivity contribution in [2.24, 2.45) is 0 Å². The molecule has 1 saturated heterocycles. The lowest BCUT2D eigenvalue weighted by Crippen LogP contribution is -2.42. The number of fused-ring (bicyclic) bond motifs is 1. The number of alkyl halides is 2. The number of amides is 1. The molecule has 44 heavy (non-hydrogen) atoms. The Hall–Kier alpha value is -5.03. The van der Waals surface area contributed by atoms with Crippen molar-refractivity contribution in [2.75, 3.05) is 18.8 Å². The highest BCUT2D eigenvalue weighted by Gasteiger charge is 2.34. The van der Waals surface area contributed by atoms with Crippen molar-refractivity contribution in [1.82, 2.24) is 25.2 Å². The molecule has 1 aliphatic heterocycles. The molecule has 0 spiro atoms. The molecule has 3 N–H and O–H groups in total. The van der Waals surface area contributed by atoms with Crippen molar-refractivity contribution in [1.29, 1.82) is 0 Å². The number of rotatable bonds is 7. The highest BCUT2D eigenvalue weighted by Crippen LogP contribution is 2.36. The number of furan rings is 1. The fourth-order valence-corrected chi connectivity index (χ4v) is 5.32. The topological polar surface area (TPSA) is 110 Å². The zero-order valence-corrected chi connectivity index (χ0v) is 24.4. The summed E-state index contributed by atoms with van der Waals surface area (Å²) in [4.78, 5) is 27.6. The van der Waals surface area contributed by atoms with Gasteiger partial charge in [-0.2, -0.15) is 0 Å². The number of hydrogen-bond acceptors (Lipinski definition) is 7. The smallest absolute Gasteiger partial charge is 0.251 e. The number of benzene rings is 1. The van der Waals surface area contributed by atoms with Crippen LogP contribution >= 0.6 is 12.2 Å². The Morgan fingerprint density at radius 1 is 1.02 bits per heavy atom. The predicted molar refractivity (Wildman–Crippen MR) is 170 cm³/mol. The lowest BCUT2D eigenvalue weighted by molar-refractivity contribution is -0.116. The number of aromatic nitrogens is 3. The Balaban J connectivity index is 1.23. The molecular formula is C33H28F2N6O2S. The largest absolute Gasteiger partial charge is 0.459 e. The van der Waals surface area contributed by atoms with Crippen LogP contribution in [0.3, 0.4) is 0 Å². The molecule has 1 amide bonds. The molecule has 4 aromatic heterocycles. The number of carbonyl (C=O) groups excluding carboxylic acids is 1. The molecule has 5 aromatic rings. The number of anilines is 1.